The van der Waals surface area contributed by atoms with E-state index in [1.54, 1.807) is 19.1 Å². The van der Waals surface area contributed by atoms with E-state index in [1.807, 2.05) is 0 Å². The summed E-state index contributed by atoms with van der Waals surface area (Å²) in [5, 5.41) is 8.29. The predicted molar refractivity (Wildman–Crippen MR) is 45.2 cm³/mol. The number of aliphatic hydroxyl groups excluding tert-OH is 1. The minimum Gasteiger partial charge on any atom is -0.392 e. The van der Waals surface area contributed by atoms with Crippen LogP contribution in [0.1, 0.15) is 6.92 Å². The maximum absolute atomic E-state index is 8.29. The van der Waals surface area contributed by atoms with Crippen LogP contribution >= 0.6 is 0 Å². The van der Waals surface area contributed by atoms with Gasteiger partial charge >= 0.3 is 0 Å². The fraction of sp³-hybridized carbons (Fsp3) is 0.200. The van der Waals surface area contributed by atoms with Crippen molar-refractivity contribution in [1.29, 1.82) is 0 Å². The molecule has 0 aromatic carbocycles. The van der Waals surface area contributed by atoms with E-state index >= 15 is 0 Å². The van der Waals surface area contributed by atoms with Crippen LogP contribution in [-0.2, 0) is 0 Å². The lowest BCUT2D eigenvalue weighted by atomic mass is 10.5. The quantitative estimate of drug-likeness (QED) is 0.533. The van der Waals surface area contributed by atoms with Crippen LogP contribution in [0, 0.1) is 35.5 Å². The molecule has 1 N–H and O–H groups in total. The second kappa shape index (κ2) is 8.38. The van der Waals surface area contributed by atoms with Gasteiger partial charge in [0.1, 0.15) is 0 Å². The molecule has 0 bridgehead atoms. The van der Waals surface area contributed by atoms with Crippen LogP contribution in [-0.4, -0.2) is 11.7 Å². The Kier molecular flexibility index (Phi) is 7.15. The molecule has 11 heavy (non-hydrogen) atoms. The maximum Gasteiger partial charge on any atom is 0.0621 e. The zero-order valence-corrected chi connectivity index (χ0v) is 6.31. The van der Waals surface area contributed by atoms with Gasteiger partial charge in [-0.15, -0.1) is 0 Å². The summed E-state index contributed by atoms with van der Waals surface area (Å²) in [7, 11) is 0. The number of allylic oxidation sites excluding steroid dienone is 1. The van der Waals surface area contributed by atoms with Crippen LogP contribution in [0.15, 0.2) is 12.2 Å². The first kappa shape index (κ1) is 9.38. The Morgan fingerprint density at radius 3 is 2.55 bits per heavy atom. The van der Waals surface area contributed by atoms with E-state index in [9.17, 15) is 0 Å². The van der Waals surface area contributed by atoms with Gasteiger partial charge in [-0.25, -0.2) is 0 Å². The van der Waals surface area contributed by atoms with Gasteiger partial charge in [-0.2, -0.15) is 0 Å². The predicted octanol–water partition coefficient (Wildman–Crippen LogP) is 0.565. The third-order valence-corrected chi connectivity index (χ3v) is 0.691. The normalized spacial score (nSPS) is 6.73. The van der Waals surface area contributed by atoms with Crippen molar-refractivity contribution in [3.8, 4) is 35.5 Å². The summed E-state index contributed by atoms with van der Waals surface area (Å²) in [6.45, 7) is 1.73. The molecule has 0 radical (unpaired) electrons. The number of hydrogen-bond donors (Lipinski definition) is 1. The molecule has 0 rings (SSSR count). The van der Waals surface area contributed by atoms with Crippen LogP contribution in [0.5, 0.6) is 0 Å². The van der Waals surface area contributed by atoms with Crippen molar-refractivity contribution in [2.75, 3.05) is 6.61 Å². The third-order valence-electron chi connectivity index (χ3n) is 0.691. The molecule has 54 valence electrons. The van der Waals surface area contributed by atoms with E-state index in [4.69, 9.17) is 5.11 Å². The third kappa shape index (κ3) is 8.38. The summed E-state index contributed by atoms with van der Waals surface area (Å²) < 4.78 is 0. The molecule has 0 aliphatic carbocycles. The highest BCUT2D eigenvalue weighted by Crippen LogP contribution is 1.65. The van der Waals surface area contributed by atoms with Crippen LogP contribution in [0.4, 0.5) is 0 Å². The molecule has 0 aliphatic rings. The molecule has 1 nitrogen and oxygen atoms in total. The Labute approximate surface area is 67.1 Å². The van der Waals surface area contributed by atoms with Crippen molar-refractivity contribution in [3.05, 3.63) is 12.2 Å². The van der Waals surface area contributed by atoms with Gasteiger partial charge in [-0.05, 0) is 36.7 Å². The van der Waals surface area contributed by atoms with E-state index in [0.29, 0.717) is 0 Å². The lowest BCUT2D eigenvalue weighted by Gasteiger charge is -1.67. The van der Waals surface area contributed by atoms with Crippen LogP contribution in [0.25, 0.3) is 0 Å². The molecule has 0 saturated carbocycles. The first-order valence-electron chi connectivity index (χ1n) is 3.10. The molecule has 1 heteroatoms. The van der Waals surface area contributed by atoms with Crippen LogP contribution in [0.3, 0.4) is 0 Å². The molecular formula is C10H8O. The van der Waals surface area contributed by atoms with Gasteiger partial charge in [-0.1, -0.05) is 17.9 Å². The molecule has 0 saturated heterocycles. The van der Waals surface area contributed by atoms with Crippen molar-refractivity contribution in [2.45, 2.75) is 6.92 Å². The largest absolute Gasteiger partial charge is 0.392 e. The van der Waals surface area contributed by atoms with Gasteiger partial charge in [-0.3, -0.25) is 0 Å². The van der Waals surface area contributed by atoms with Gasteiger partial charge in [0.05, 0.1) is 6.61 Å². The second-order valence-electron chi connectivity index (χ2n) is 1.48. The summed E-state index contributed by atoms with van der Waals surface area (Å²) in [6, 6.07) is 0. The second-order valence-corrected chi connectivity index (χ2v) is 1.48. The summed E-state index contributed by atoms with van der Waals surface area (Å²) in [5.41, 5.74) is 0. The lowest BCUT2D eigenvalue weighted by Crippen LogP contribution is -1.67. The Balaban J connectivity index is 3.81. The number of hydrogen-bond acceptors (Lipinski definition) is 1. The van der Waals surface area contributed by atoms with Crippen LogP contribution < -0.4 is 0 Å². The fourth-order valence-corrected chi connectivity index (χ4v) is 0.314. The average Bonchev–Trinajstić information content (AvgIpc) is 2.03. The Bertz CT molecular complexity index is 291. The zero-order chi connectivity index (χ0) is 8.36. The van der Waals surface area contributed by atoms with E-state index in [2.05, 4.69) is 35.5 Å². The SMILES string of the molecule is CC#CC#CC#C/C=C/CO. The highest BCUT2D eigenvalue weighted by molar-refractivity contribution is 5.37. The van der Waals surface area contributed by atoms with Crippen molar-refractivity contribution >= 4 is 0 Å². The Hall–Kier alpha value is -1.62. The van der Waals surface area contributed by atoms with Gasteiger partial charge < -0.3 is 5.11 Å². The smallest absolute Gasteiger partial charge is 0.0621 e. The van der Waals surface area contributed by atoms with Crippen LogP contribution in [0.2, 0.25) is 0 Å². The van der Waals surface area contributed by atoms with E-state index < -0.39 is 0 Å². The maximum atomic E-state index is 8.29. The van der Waals surface area contributed by atoms with Crippen molar-refractivity contribution in [3.63, 3.8) is 0 Å². The lowest BCUT2D eigenvalue weighted by molar-refractivity contribution is 0.343. The molecule has 0 heterocycles. The molecular weight excluding hydrogens is 136 g/mol. The molecule has 0 unspecified atom stereocenters. The first-order chi connectivity index (χ1) is 5.41. The van der Waals surface area contributed by atoms with E-state index in [-0.39, 0.29) is 6.61 Å². The first-order valence-corrected chi connectivity index (χ1v) is 3.10. The minimum absolute atomic E-state index is 0.0108. The van der Waals surface area contributed by atoms with Crippen molar-refractivity contribution in [1.82, 2.24) is 0 Å². The van der Waals surface area contributed by atoms with E-state index in [0.717, 1.165) is 0 Å². The molecule has 0 aromatic rings. The molecule has 0 amide bonds. The van der Waals surface area contributed by atoms with E-state index in [1.165, 1.54) is 0 Å². The minimum atomic E-state index is 0.0108. The number of aliphatic hydroxyl groups is 1. The van der Waals surface area contributed by atoms with Crippen molar-refractivity contribution in [2.24, 2.45) is 0 Å². The molecule has 0 aliphatic heterocycles. The molecule has 0 spiro atoms. The van der Waals surface area contributed by atoms with Gasteiger partial charge in [0.15, 0.2) is 0 Å². The summed E-state index contributed by atoms with van der Waals surface area (Å²) in [6.07, 6.45) is 3.09. The average molecular weight is 144 g/mol. The fourth-order valence-electron chi connectivity index (χ4n) is 0.314. The molecule has 0 fully saturated rings. The summed E-state index contributed by atoms with van der Waals surface area (Å²) in [5.74, 6) is 15.4. The Morgan fingerprint density at radius 1 is 1.18 bits per heavy atom. The van der Waals surface area contributed by atoms with Crippen molar-refractivity contribution < 1.29 is 5.11 Å². The summed E-state index contributed by atoms with van der Waals surface area (Å²) in [4.78, 5) is 0. The topological polar surface area (TPSA) is 20.2 Å². The molecule has 0 atom stereocenters. The molecule has 0 aromatic heterocycles. The summed E-state index contributed by atoms with van der Waals surface area (Å²) >= 11 is 0. The Morgan fingerprint density at radius 2 is 1.91 bits per heavy atom. The highest BCUT2D eigenvalue weighted by Gasteiger charge is 1.59. The van der Waals surface area contributed by atoms with Gasteiger partial charge in [0.2, 0.25) is 0 Å². The highest BCUT2D eigenvalue weighted by atomic mass is 16.2. The number of rotatable bonds is 1. The van der Waals surface area contributed by atoms with Gasteiger partial charge in [0, 0.05) is 0 Å². The standard InChI is InChI=1S/C10H8O/c1-2-3-4-5-6-7-8-9-10-11/h8-9,11H,10H2,1H3/b9-8+. The monoisotopic (exact) mass is 144 g/mol. The van der Waals surface area contributed by atoms with Gasteiger partial charge in [0.25, 0.3) is 0 Å². The zero-order valence-electron chi connectivity index (χ0n) is 6.31.